The minimum absolute atomic E-state index is 0.0489. The Balaban J connectivity index is 0.720. The number of likely N-dealkylation sites (tertiary alicyclic amines) is 1. The Hall–Kier alpha value is -7.83. The fraction of sp³-hybridized carbons (Fsp3) is 0.431. The predicted molar refractivity (Wildman–Crippen MR) is 277 cm³/mol. The van der Waals surface area contributed by atoms with Crippen molar-refractivity contribution >= 4 is 64.2 Å². The average Bonchev–Trinajstić information content (AvgIpc) is 4.13. The third kappa shape index (κ3) is 12.4. The van der Waals surface area contributed by atoms with Crippen molar-refractivity contribution in [1.82, 2.24) is 55.0 Å². The van der Waals surface area contributed by atoms with Gasteiger partial charge in [-0.3, -0.25) is 29.0 Å². The number of amides is 5. The van der Waals surface area contributed by atoms with Crippen molar-refractivity contribution in [1.29, 1.82) is 0 Å². The number of imidazole rings is 1. The van der Waals surface area contributed by atoms with Gasteiger partial charge in [0.05, 0.1) is 65.7 Å². The number of aliphatic hydroxyl groups excluding tert-OH is 1. The molecule has 3 atom stereocenters. The number of hydrogen-bond acceptors (Lipinski definition) is 18. The zero-order chi connectivity index (χ0) is 53.0. The second-order valence-corrected chi connectivity index (χ2v) is 20.7. The summed E-state index contributed by atoms with van der Waals surface area (Å²) in [5, 5.41) is 23.9. The third-order valence-electron chi connectivity index (χ3n) is 12.8. The van der Waals surface area contributed by atoms with Gasteiger partial charge < -0.3 is 45.1 Å². The summed E-state index contributed by atoms with van der Waals surface area (Å²) in [6.45, 7) is 13.7. The standard InChI is InChI=1S/C51H60N14O9S/c1-30(2)74-50(71)63-17-18-72-47-39(63)19-34(22-53-47)37-11-12-41-57-40(26-65(41)60-37)58-42(67)27-61-13-15-62(16-14-61)49-54-23-36(24-55-49)73-28-43(68)59-45(51(4,5)6)48(70)64-25-35(66)20-38(64)46(69)52-21-32-7-9-33(10-8-32)44-31(3)56-29-75-44/h7-12,19,22-24,26,29-30,35,38,45,66H,13-18,20-21,25,27-28H2,1-6H3,(H,52,69)(H,58,67)(H,59,68)/t35-,38+,45-/m1/s1. The first-order valence-corrected chi connectivity index (χ1v) is 25.6. The fourth-order valence-electron chi connectivity index (χ4n) is 8.96. The number of hydrogen-bond donors (Lipinski definition) is 4. The number of β-amino-alcohol motifs (C(OH)–C–C–N with tert-alkyl or cyclic N) is 1. The number of thiazole rings is 1. The molecule has 8 heterocycles. The van der Waals surface area contributed by atoms with Gasteiger partial charge in [0.15, 0.2) is 23.8 Å². The maximum atomic E-state index is 14.1. The van der Waals surface area contributed by atoms with Gasteiger partial charge >= 0.3 is 6.09 Å². The van der Waals surface area contributed by atoms with E-state index in [0.717, 1.165) is 21.7 Å². The van der Waals surface area contributed by atoms with Gasteiger partial charge in [0.1, 0.15) is 24.4 Å². The maximum Gasteiger partial charge on any atom is 0.414 e. The minimum atomic E-state index is -1.03. The number of pyridine rings is 1. The lowest BCUT2D eigenvalue weighted by Gasteiger charge is -2.35. The predicted octanol–water partition coefficient (Wildman–Crippen LogP) is 3.71. The molecule has 1 aromatic carbocycles. The third-order valence-corrected chi connectivity index (χ3v) is 13.8. The largest absolute Gasteiger partial charge is 0.481 e. The molecule has 24 heteroatoms. The van der Waals surface area contributed by atoms with Gasteiger partial charge in [-0.1, -0.05) is 45.0 Å². The lowest BCUT2D eigenvalue weighted by Crippen LogP contribution is -2.58. The van der Waals surface area contributed by atoms with Crippen LogP contribution in [-0.2, 0) is 30.5 Å². The van der Waals surface area contributed by atoms with Crippen LogP contribution < -0.4 is 35.2 Å². The van der Waals surface area contributed by atoms with Crippen molar-refractivity contribution in [2.75, 3.05) is 74.1 Å². The van der Waals surface area contributed by atoms with Crippen LogP contribution in [0.5, 0.6) is 11.6 Å². The van der Waals surface area contributed by atoms with E-state index in [9.17, 15) is 29.1 Å². The number of aliphatic hydroxyl groups is 1. The van der Waals surface area contributed by atoms with Crippen LogP contribution in [0.3, 0.4) is 0 Å². The quantitative estimate of drug-likeness (QED) is 0.114. The Labute approximate surface area is 436 Å². The van der Waals surface area contributed by atoms with Gasteiger partial charge in [0, 0.05) is 57.4 Å². The number of fused-ring (bicyclic) bond motifs is 2. The molecule has 0 unspecified atom stereocenters. The van der Waals surface area contributed by atoms with E-state index in [1.807, 2.05) is 61.8 Å². The molecular formula is C51H60N14O9S. The van der Waals surface area contributed by atoms with Crippen molar-refractivity contribution in [3.05, 3.63) is 84.0 Å². The smallest absolute Gasteiger partial charge is 0.414 e. The number of aromatic nitrogens is 7. The van der Waals surface area contributed by atoms with Crippen LogP contribution >= 0.6 is 11.3 Å². The zero-order valence-corrected chi connectivity index (χ0v) is 43.4. The molecular weight excluding hydrogens is 985 g/mol. The molecule has 0 bridgehead atoms. The second-order valence-electron chi connectivity index (χ2n) is 19.9. The number of rotatable bonds is 15. The molecule has 4 N–H and O–H groups in total. The highest BCUT2D eigenvalue weighted by atomic mass is 32.1. The highest BCUT2D eigenvalue weighted by Gasteiger charge is 2.44. The highest BCUT2D eigenvalue weighted by Crippen LogP contribution is 2.34. The summed E-state index contributed by atoms with van der Waals surface area (Å²) in [5.41, 5.74) is 6.14. The molecule has 0 spiro atoms. The average molecular weight is 1050 g/mol. The lowest BCUT2D eigenvalue weighted by atomic mass is 9.85. The van der Waals surface area contributed by atoms with E-state index in [1.165, 1.54) is 22.2 Å². The molecule has 0 aliphatic carbocycles. The molecule has 23 nitrogen and oxygen atoms in total. The molecule has 6 aromatic rings. The topological polar surface area (TPSA) is 264 Å². The zero-order valence-electron chi connectivity index (χ0n) is 42.6. The molecule has 3 aliphatic rings. The normalized spacial score (nSPS) is 17.3. The van der Waals surface area contributed by atoms with E-state index in [-0.39, 0.29) is 43.8 Å². The van der Waals surface area contributed by atoms with E-state index < -0.39 is 54.0 Å². The Morgan fingerprint density at radius 3 is 2.39 bits per heavy atom. The highest BCUT2D eigenvalue weighted by molar-refractivity contribution is 7.13. The summed E-state index contributed by atoms with van der Waals surface area (Å²) < 4.78 is 18.4. The van der Waals surface area contributed by atoms with E-state index in [0.29, 0.717) is 79.6 Å². The van der Waals surface area contributed by atoms with Crippen molar-refractivity contribution in [2.45, 2.75) is 78.8 Å². The van der Waals surface area contributed by atoms with Gasteiger partial charge in [-0.2, -0.15) is 5.10 Å². The number of piperazine rings is 1. The van der Waals surface area contributed by atoms with Crippen molar-refractivity contribution in [3.8, 4) is 33.3 Å². The van der Waals surface area contributed by atoms with Crippen molar-refractivity contribution in [2.24, 2.45) is 5.41 Å². The second kappa shape index (κ2) is 22.3. The van der Waals surface area contributed by atoms with E-state index >= 15 is 0 Å². The summed E-state index contributed by atoms with van der Waals surface area (Å²) in [4.78, 5) is 97.0. The first-order valence-electron chi connectivity index (χ1n) is 24.7. The first kappa shape index (κ1) is 52.0. The minimum Gasteiger partial charge on any atom is -0.481 e. The maximum absolute atomic E-state index is 14.1. The molecule has 3 aliphatic heterocycles. The molecule has 0 radical (unpaired) electrons. The van der Waals surface area contributed by atoms with E-state index in [1.54, 1.807) is 65.8 Å². The summed E-state index contributed by atoms with van der Waals surface area (Å²) >= 11 is 1.56. The SMILES string of the molecule is Cc1ncsc1-c1ccc(CNC(=O)[C@@H]2C[C@@H](O)CN2C(=O)[C@@H](NC(=O)COc2cnc(N3CCN(CC(=O)Nc4cn5nc(-c6cnc7c(c6)N(C(=O)OC(C)C)CCO7)ccc5n4)CC3)nc2)C(C)(C)C)cc1. The molecule has 2 saturated heterocycles. The molecule has 5 amide bonds. The Bertz CT molecular complexity index is 3040. The van der Waals surface area contributed by atoms with Crippen LogP contribution in [-0.4, -0.2) is 162 Å². The monoisotopic (exact) mass is 1040 g/mol. The van der Waals surface area contributed by atoms with Crippen LogP contribution in [0.1, 0.15) is 52.3 Å². The number of nitrogens with zero attached hydrogens (tertiary/aromatic N) is 11. The summed E-state index contributed by atoms with van der Waals surface area (Å²) in [6, 6.07) is 11.2. The van der Waals surface area contributed by atoms with Crippen LogP contribution in [0.2, 0.25) is 0 Å². The summed E-state index contributed by atoms with van der Waals surface area (Å²) in [5.74, 6) is -0.299. The number of benzene rings is 1. The molecule has 0 saturated carbocycles. The number of ether oxygens (including phenoxy) is 3. The van der Waals surface area contributed by atoms with Crippen LogP contribution in [0.25, 0.3) is 27.3 Å². The van der Waals surface area contributed by atoms with Gasteiger partial charge in [0.25, 0.3) is 5.91 Å². The fourth-order valence-corrected chi connectivity index (χ4v) is 9.77. The van der Waals surface area contributed by atoms with Gasteiger partial charge in [-0.25, -0.2) is 34.2 Å². The summed E-state index contributed by atoms with van der Waals surface area (Å²) in [6.07, 6.45) is 4.59. The molecule has 75 heavy (non-hydrogen) atoms. The first-order chi connectivity index (χ1) is 35.9. The van der Waals surface area contributed by atoms with Crippen LogP contribution in [0, 0.1) is 12.3 Å². The number of carbonyl (C=O) groups excluding carboxylic acids is 5. The van der Waals surface area contributed by atoms with Gasteiger partial charge in [0.2, 0.25) is 29.5 Å². The molecule has 2 fully saturated rings. The molecule has 394 valence electrons. The Morgan fingerprint density at radius 2 is 1.68 bits per heavy atom. The van der Waals surface area contributed by atoms with Crippen LogP contribution in [0.15, 0.2) is 72.8 Å². The van der Waals surface area contributed by atoms with Crippen LogP contribution in [0.4, 0.5) is 22.2 Å². The van der Waals surface area contributed by atoms with Crippen molar-refractivity contribution in [3.63, 3.8) is 0 Å². The number of carbonyl (C=O) groups is 5. The number of nitrogens with one attached hydrogen (secondary N) is 3. The molecule has 5 aromatic heterocycles. The van der Waals surface area contributed by atoms with Gasteiger partial charge in [-0.05, 0) is 55.5 Å². The lowest BCUT2D eigenvalue weighted by molar-refractivity contribution is -0.144. The van der Waals surface area contributed by atoms with E-state index in [2.05, 4.69) is 46.0 Å². The number of aryl methyl sites for hydroxylation is 1. The Kier molecular flexibility index (Phi) is 15.5. The molecule has 9 rings (SSSR count). The summed E-state index contributed by atoms with van der Waals surface area (Å²) in [7, 11) is 0. The number of anilines is 3. The van der Waals surface area contributed by atoms with E-state index in [4.69, 9.17) is 14.2 Å². The Morgan fingerprint density at radius 1 is 0.920 bits per heavy atom. The van der Waals surface area contributed by atoms with Crippen molar-refractivity contribution < 1.29 is 43.3 Å². The van der Waals surface area contributed by atoms with Gasteiger partial charge in [-0.15, -0.1) is 11.3 Å².